The van der Waals surface area contributed by atoms with E-state index in [1.165, 1.54) is 70.6 Å². The Labute approximate surface area is 120 Å². The van der Waals surface area contributed by atoms with Gasteiger partial charge in [0.1, 0.15) is 0 Å². The van der Waals surface area contributed by atoms with Gasteiger partial charge in [0, 0.05) is 0 Å². The van der Waals surface area contributed by atoms with Crippen LogP contribution in [-0.2, 0) is 4.74 Å². The second kappa shape index (κ2) is 11.3. The maximum Gasteiger partial charge on any atom is 0.0841 e. The highest BCUT2D eigenvalue weighted by atomic mass is 16.6. The highest BCUT2D eigenvalue weighted by molar-refractivity contribution is 4.96. The van der Waals surface area contributed by atoms with Crippen molar-refractivity contribution in [3.63, 3.8) is 0 Å². The average Bonchev–Trinajstić information content (AvgIpc) is 3.16. The highest BCUT2D eigenvalue weighted by Crippen LogP contribution is 2.31. The molecule has 1 nitrogen and oxygen atoms in total. The van der Waals surface area contributed by atoms with Gasteiger partial charge in [-0.3, -0.25) is 0 Å². The first kappa shape index (κ1) is 16.5. The van der Waals surface area contributed by atoms with Crippen molar-refractivity contribution in [1.82, 2.24) is 0 Å². The summed E-state index contributed by atoms with van der Waals surface area (Å²) in [5.74, 6) is 0. The Hall–Kier alpha value is -0.560. The van der Waals surface area contributed by atoms with Crippen LogP contribution in [0.4, 0.5) is 0 Å². The molecular formula is C18H32O. The first-order valence-electron chi connectivity index (χ1n) is 8.31. The lowest BCUT2D eigenvalue weighted by atomic mass is 10.0. The van der Waals surface area contributed by atoms with Crippen LogP contribution >= 0.6 is 0 Å². The molecule has 0 saturated carbocycles. The quantitative estimate of drug-likeness (QED) is 0.232. The summed E-state index contributed by atoms with van der Waals surface area (Å²) in [6, 6.07) is 0. The third-order valence-electron chi connectivity index (χ3n) is 3.91. The zero-order chi connectivity index (χ0) is 13.8. The third-order valence-corrected chi connectivity index (χ3v) is 3.91. The molecule has 1 saturated heterocycles. The van der Waals surface area contributed by atoms with Crippen molar-refractivity contribution < 1.29 is 4.74 Å². The van der Waals surface area contributed by atoms with Crippen LogP contribution < -0.4 is 0 Å². The van der Waals surface area contributed by atoms with Gasteiger partial charge < -0.3 is 4.74 Å². The fourth-order valence-corrected chi connectivity index (χ4v) is 2.61. The summed E-state index contributed by atoms with van der Waals surface area (Å²) in [5, 5.41) is 0. The summed E-state index contributed by atoms with van der Waals surface area (Å²) in [7, 11) is 0. The highest BCUT2D eigenvalue weighted by Gasteiger charge is 2.36. The maximum atomic E-state index is 5.74. The Morgan fingerprint density at radius 2 is 1.53 bits per heavy atom. The van der Waals surface area contributed by atoms with Crippen molar-refractivity contribution in [3.8, 4) is 0 Å². The van der Waals surface area contributed by atoms with Crippen LogP contribution in [0.25, 0.3) is 0 Å². The average molecular weight is 264 g/mol. The van der Waals surface area contributed by atoms with Gasteiger partial charge in [-0.25, -0.2) is 0 Å². The van der Waals surface area contributed by atoms with Crippen LogP contribution in [0.2, 0.25) is 0 Å². The molecule has 1 rings (SSSR count). The molecule has 1 aliphatic heterocycles. The molecule has 0 N–H and O–H groups in total. The Balaban J connectivity index is 1.81. The number of ether oxygens (including phenoxy) is 1. The van der Waals surface area contributed by atoms with Gasteiger partial charge in [0.05, 0.1) is 12.2 Å². The fourth-order valence-electron chi connectivity index (χ4n) is 2.61. The van der Waals surface area contributed by atoms with Crippen LogP contribution in [0, 0.1) is 0 Å². The number of rotatable bonds is 13. The minimum absolute atomic E-state index is 0.596. The van der Waals surface area contributed by atoms with Crippen molar-refractivity contribution in [1.29, 1.82) is 0 Å². The summed E-state index contributed by atoms with van der Waals surface area (Å²) < 4.78 is 5.74. The number of epoxide rings is 1. The van der Waals surface area contributed by atoms with Gasteiger partial charge in [-0.05, 0) is 25.7 Å². The summed E-state index contributed by atoms with van der Waals surface area (Å²) in [6.45, 7) is 5.95. The lowest BCUT2D eigenvalue weighted by Gasteiger charge is -1.99. The minimum Gasteiger partial charge on any atom is -0.370 e. The lowest BCUT2D eigenvalue weighted by molar-refractivity contribution is 0.348. The van der Waals surface area contributed by atoms with E-state index in [0.29, 0.717) is 12.2 Å². The molecule has 0 amide bonds. The van der Waals surface area contributed by atoms with Crippen LogP contribution in [0.15, 0.2) is 24.8 Å². The first-order valence-corrected chi connectivity index (χ1v) is 8.31. The largest absolute Gasteiger partial charge is 0.370 e. The summed E-state index contributed by atoms with van der Waals surface area (Å²) >= 11 is 0. The standard InChI is InChI=1S/C18H32O/c1-3-5-7-9-11-13-15-17-18(19-17)16-14-12-10-8-6-4-2/h3,5,7,17-18H,1,4,6,8-16H2,2H3/b7-5-/t17-,18+/m1/s1. The SMILES string of the molecule is C=C/C=C\CCCC[C@H]1O[C@H]1CCCCCCCC. The first-order chi connectivity index (χ1) is 9.38. The zero-order valence-electron chi connectivity index (χ0n) is 12.8. The van der Waals surface area contributed by atoms with Gasteiger partial charge >= 0.3 is 0 Å². The Morgan fingerprint density at radius 1 is 0.895 bits per heavy atom. The van der Waals surface area contributed by atoms with Crippen molar-refractivity contribution in [2.45, 2.75) is 89.8 Å². The monoisotopic (exact) mass is 264 g/mol. The molecule has 1 fully saturated rings. The topological polar surface area (TPSA) is 12.5 Å². The molecule has 0 unspecified atom stereocenters. The van der Waals surface area contributed by atoms with Gasteiger partial charge in [-0.2, -0.15) is 0 Å². The van der Waals surface area contributed by atoms with Gasteiger partial charge in [-0.1, -0.05) is 76.7 Å². The molecule has 0 aliphatic carbocycles. The van der Waals surface area contributed by atoms with E-state index in [9.17, 15) is 0 Å². The number of hydrogen-bond donors (Lipinski definition) is 0. The number of unbranched alkanes of at least 4 members (excludes halogenated alkanes) is 7. The van der Waals surface area contributed by atoms with Crippen LogP contribution in [0.5, 0.6) is 0 Å². The molecule has 0 radical (unpaired) electrons. The second-order valence-corrected chi connectivity index (χ2v) is 5.72. The summed E-state index contributed by atoms with van der Waals surface area (Å²) in [6.07, 6.45) is 22.0. The molecular weight excluding hydrogens is 232 g/mol. The molecule has 0 bridgehead atoms. The predicted molar refractivity (Wildman–Crippen MR) is 84.5 cm³/mol. The Bertz CT molecular complexity index is 244. The van der Waals surface area contributed by atoms with E-state index < -0.39 is 0 Å². The van der Waals surface area contributed by atoms with Crippen molar-refractivity contribution >= 4 is 0 Å². The van der Waals surface area contributed by atoms with Gasteiger partial charge in [-0.15, -0.1) is 0 Å². The minimum atomic E-state index is 0.596. The molecule has 0 spiro atoms. The molecule has 0 aromatic heterocycles. The summed E-state index contributed by atoms with van der Waals surface area (Å²) in [5.41, 5.74) is 0. The van der Waals surface area contributed by atoms with E-state index in [0.717, 1.165) is 0 Å². The van der Waals surface area contributed by atoms with Crippen LogP contribution in [0.3, 0.4) is 0 Å². The second-order valence-electron chi connectivity index (χ2n) is 5.72. The molecule has 1 heterocycles. The van der Waals surface area contributed by atoms with Gasteiger partial charge in [0.15, 0.2) is 0 Å². The van der Waals surface area contributed by atoms with Gasteiger partial charge in [0.2, 0.25) is 0 Å². The maximum absolute atomic E-state index is 5.74. The van der Waals surface area contributed by atoms with Crippen molar-refractivity contribution in [2.24, 2.45) is 0 Å². The zero-order valence-corrected chi connectivity index (χ0v) is 12.8. The Morgan fingerprint density at radius 3 is 2.21 bits per heavy atom. The molecule has 1 heteroatoms. The summed E-state index contributed by atoms with van der Waals surface area (Å²) in [4.78, 5) is 0. The van der Waals surface area contributed by atoms with Gasteiger partial charge in [0.25, 0.3) is 0 Å². The predicted octanol–water partition coefficient (Wildman–Crippen LogP) is 5.81. The molecule has 0 aromatic rings. The fraction of sp³-hybridized carbons (Fsp3) is 0.778. The van der Waals surface area contributed by atoms with E-state index in [2.05, 4.69) is 19.6 Å². The normalized spacial score (nSPS) is 21.9. The van der Waals surface area contributed by atoms with E-state index in [-0.39, 0.29) is 0 Å². The smallest absolute Gasteiger partial charge is 0.0841 e. The number of allylic oxidation sites excluding steroid dienone is 3. The van der Waals surface area contributed by atoms with E-state index in [4.69, 9.17) is 4.74 Å². The molecule has 2 atom stereocenters. The van der Waals surface area contributed by atoms with Crippen molar-refractivity contribution in [3.05, 3.63) is 24.8 Å². The van der Waals surface area contributed by atoms with Crippen LogP contribution in [0.1, 0.15) is 77.6 Å². The van der Waals surface area contributed by atoms with E-state index >= 15 is 0 Å². The third kappa shape index (κ3) is 9.04. The Kier molecular flexibility index (Phi) is 9.79. The van der Waals surface area contributed by atoms with Crippen LogP contribution in [-0.4, -0.2) is 12.2 Å². The molecule has 19 heavy (non-hydrogen) atoms. The molecule has 1 aliphatic rings. The van der Waals surface area contributed by atoms with E-state index in [1.54, 1.807) is 0 Å². The number of hydrogen-bond acceptors (Lipinski definition) is 1. The molecule has 110 valence electrons. The van der Waals surface area contributed by atoms with E-state index in [1.807, 2.05) is 12.2 Å². The van der Waals surface area contributed by atoms with Crippen molar-refractivity contribution in [2.75, 3.05) is 0 Å². The lowest BCUT2D eigenvalue weighted by Crippen LogP contribution is -1.94. The molecule has 0 aromatic carbocycles.